The maximum atomic E-state index is 11.9. The molecule has 0 bridgehead atoms. The van der Waals surface area contributed by atoms with Crippen LogP contribution in [-0.2, 0) is 0 Å². The van der Waals surface area contributed by atoms with Crippen LogP contribution in [0.2, 0.25) is 10.0 Å². The Morgan fingerprint density at radius 2 is 2.14 bits per heavy atom. The molecule has 0 saturated heterocycles. The molecule has 0 aromatic heterocycles. The number of halogens is 2. The molecule has 21 heavy (non-hydrogen) atoms. The van der Waals surface area contributed by atoms with Crippen molar-refractivity contribution in [3.8, 4) is 0 Å². The average molecular weight is 325 g/mol. The molecule has 2 rings (SSSR count). The number of carbonyl (C=O) groups is 1. The SMILES string of the molecule is CC1=NN(C)/C(=N/C(=O)Nc2ccc(Cl)c(Cl)c2)C1=[N+]=[N-]. The molecule has 1 N–H and O–H groups in total. The summed E-state index contributed by atoms with van der Waals surface area (Å²) in [6, 6.07) is 4.00. The molecule has 1 aliphatic heterocycles. The zero-order chi connectivity index (χ0) is 15.6. The number of amidine groups is 1. The first-order chi connectivity index (χ1) is 9.92. The fourth-order valence-electron chi connectivity index (χ4n) is 1.70. The van der Waals surface area contributed by atoms with Gasteiger partial charge in [0, 0.05) is 12.7 Å². The van der Waals surface area contributed by atoms with Crippen LogP contribution >= 0.6 is 23.2 Å². The largest absolute Gasteiger partial charge is 0.382 e. The smallest absolute Gasteiger partial charge is 0.361 e. The second-order valence-electron chi connectivity index (χ2n) is 4.15. The van der Waals surface area contributed by atoms with E-state index in [1.54, 1.807) is 26.1 Å². The molecule has 0 radical (unpaired) electrons. The molecule has 1 aromatic rings. The zero-order valence-corrected chi connectivity index (χ0v) is 12.6. The third-order valence-electron chi connectivity index (χ3n) is 2.64. The van der Waals surface area contributed by atoms with Crippen molar-refractivity contribution in [3.05, 3.63) is 33.8 Å². The number of hydrogen-bond donors (Lipinski definition) is 1. The summed E-state index contributed by atoms with van der Waals surface area (Å²) in [6.45, 7) is 1.64. The van der Waals surface area contributed by atoms with Gasteiger partial charge < -0.3 is 10.8 Å². The number of anilines is 1. The van der Waals surface area contributed by atoms with Gasteiger partial charge >= 0.3 is 11.7 Å². The van der Waals surface area contributed by atoms with E-state index in [0.29, 0.717) is 21.4 Å². The second kappa shape index (κ2) is 6.05. The summed E-state index contributed by atoms with van der Waals surface area (Å²) >= 11 is 11.6. The van der Waals surface area contributed by atoms with Gasteiger partial charge in [-0.15, -0.1) is 0 Å². The van der Waals surface area contributed by atoms with Crippen molar-refractivity contribution in [2.45, 2.75) is 6.92 Å². The van der Waals surface area contributed by atoms with Crippen molar-refractivity contribution in [2.75, 3.05) is 12.4 Å². The van der Waals surface area contributed by atoms with Crippen LogP contribution in [0.4, 0.5) is 10.5 Å². The lowest BCUT2D eigenvalue weighted by atomic mass is 10.2. The van der Waals surface area contributed by atoms with Gasteiger partial charge in [-0.1, -0.05) is 23.2 Å². The summed E-state index contributed by atoms with van der Waals surface area (Å²) in [7, 11) is 1.59. The number of nitrogens with zero attached hydrogens (tertiary/aromatic N) is 5. The third kappa shape index (κ3) is 3.28. The fraction of sp³-hybridized carbons (Fsp3) is 0.167. The molecule has 0 spiro atoms. The lowest BCUT2D eigenvalue weighted by Crippen LogP contribution is -2.27. The van der Waals surface area contributed by atoms with Crippen molar-refractivity contribution >= 4 is 52.2 Å². The molecule has 108 valence electrons. The molecule has 0 atom stereocenters. The van der Waals surface area contributed by atoms with Crippen LogP contribution in [0.1, 0.15) is 6.92 Å². The van der Waals surface area contributed by atoms with Gasteiger partial charge in [0.25, 0.3) is 0 Å². The highest BCUT2D eigenvalue weighted by atomic mass is 35.5. The van der Waals surface area contributed by atoms with Crippen molar-refractivity contribution in [1.29, 1.82) is 0 Å². The van der Waals surface area contributed by atoms with Crippen molar-refractivity contribution in [2.24, 2.45) is 10.1 Å². The Balaban J connectivity index is 2.20. The molecule has 9 heteroatoms. The Morgan fingerprint density at radius 3 is 2.76 bits per heavy atom. The van der Waals surface area contributed by atoms with E-state index >= 15 is 0 Å². The average Bonchev–Trinajstić information content (AvgIpc) is 2.68. The minimum atomic E-state index is -0.652. The van der Waals surface area contributed by atoms with Crippen molar-refractivity contribution in [3.63, 3.8) is 0 Å². The summed E-state index contributed by atoms with van der Waals surface area (Å²) in [5.41, 5.74) is 9.97. The van der Waals surface area contributed by atoms with Gasteiger partial charge in [-0.05, 0) is 25.1 Å². The normalized spacial score (nSPS) is 16.0. The Morgan fingerprint density at radius 1 is 1.43 bits per heavy atom. The van der Waals surface area contributed by atoms with E-state index in [1.165, 1.54) is 11.1 Å². The molecule has 0 saturated carbocycles. The van der Waals surface area contributed by atoms with Crippen LogP contribution in [0.3, 0.4) is 0 Å². The van der Waals surface area contributed by atoms with E-state index in [-0.39, 0.29) is 11.5 Å². The number of nitrogens with one attached hydrogen (secondary N) is 1. The van der Waals surface area contributed by atoms with Crippen LogP contribution in [0, 0.1) is 0 Å². The highest BCUT2D eigenvalue weighted by Crippen LogP contribution is 2.25. The van der Waals surface area contributed by atoms with Crippen molar-refractivity contribution in [1.82, 2.24) is 5.01 Å². The molecular formula is C12H10Cl2N6O. The van der Waals surface area contributed by atoms with Crippen LogP contribution in [0.5, 0.6) is 0 Å². The van der Waals surface area contributed by atoms with E-state index in [0.717, 1.165) is 0 Å². The molecule has 0 fully saturated rings. The lowest BCUT2D eigenvalue weighted by molar-refractivity contribution is 0.00156. The van der Waals surface area contributed by atoms with Crippen LogP contribution < -0.4 is 5.32 Å². The number of aliphatic imine (C=N–C) groups is 1. The lowest BCUT2D eigenvalue weighted by Gasteiger charge is -2.06. The summed E-state index contributed by atoms with van der Waals surface area (Å²) in [5, 5.41) is 8.60. The quantitative estimate of drug-likeness (QED) is 0.635. The maximum Gasteiger partial charge on any atom is 0.382 e. The number of hydrazone groups is 1. The van der Waals surface area contributed by atoms with Gasteiger partial charge in [-0.25, -0.2) is 9.80 Å². The molecule has 0 aliphatic carbocycles. The van der Waals surface area contributed by atoms with Crippen molar-refractivity contribution < 1.29 is 9.58 Å². The van der Waals surface area contributed by atoms with Gasteiger partial charge in [0.05, 0.1) is 10.0 Å². The van der Waals surface area contributed by atoms with Gasteiger partial charge in [0.2, 0.25) is 5.84 Å². The van der Waals surface area contributed by atoms with E-state index in [1.807, 2.05) is 0 Å². The highest BCUT2D eigenvalue weighted by molar-refractivity contribution is 6.68. The van der Waals surface area contributed by atoms with Gasteiger partial charge in [0.1, 0.15) is 0 Å². The van der Waals surface area contributed by atoms with E-state index in [2.05, 4.69) is 20.2 Å². The number of hydrogen-bond acceptors (Lipinski definition) is 2. The number of rotatable bonds is 1. The second-order valence-corrected chi connectivity index (χ2v) is 4.97. The van der Waals surface area contributed by atoms with Gasteiger partial charge in [0.15, 0.2) is 5.71 Å². The maximum absolute atomic E-state index is 11.9. The number of urea groups is 1. The van der Waals surface area contributed by atoms with E-state index < -0.39 is 6.03 Å². The zero-order valence-electron chi connectivity index (χ0n) is 11.1. The van der Waals surface area contributed by atoms with Gasteiger partial charge in [-0.3, -0.25) is 0 Å². The molecule has 0 unspecified atom stereocenters. The molecule has 1 aliphatic rings. The van der Waals surface area contributed by atoms with E-state index in [4.69, 9.17) is 28.7 Å². The minimum absolute atomic E-state index is 0.141. The first kappa shape index (κ1) is 15.2. The number of carbonyl (C=O) groups excluding carboxylic acids is 1. The monoisotopic (exact) mass is 324 g/mol. The number of amides is 2. The predicted molar refractivity (Wildman–Crippen MR) is 82.4 cm³/mol. The molecule has 1 aromatic carbocycles. The third-order valence-corrected chi connectivity index (χ3v) is 3.38. The first-order valence-electron chi connectivity index (χ1n) is 5.79. The van der Waals surface area contributed by atoms with Gasteiger partial charge in [-0.2, -0.15) is 14.9 Å². The predicted octanol–water partition coefficient (Wildman–Crippen LogP) is 2.92. The fourth-order valence-corrected chi connectivity index (χ4v) is 2.00. The summed E-state index contributed by atoms with van der Waals surface area (Å²) in [6.07, 6.45) is 0. The molecule has 2 amide bonds. The highest BCUT2D eigenvalue weighted by Gasteiger charge is 2.33. The molecule has 1 heterocycles. The summed E-state index contributed by atoms with van der Waals surface area (Å²) < 4.78 is 0. The van der Waals surface area contributed by atoms with Crippen LogP contribution in [0.15, 0.2) is 28.3 Å². The molecule has 7 nitrogen and oxygen atoms in total. The Bertz CT molecular complexity index is 720. The van der Waals surface area contributed by atoms with E-state index in [9.17, 15) is 4.79 Å². The standard InChI is InChI=1S/C12H10Cl2N6O/c1-6-10(18-15)11(20(2)19-6)17-12(21)16-7-3-4-8(13)9(14)5-7/h3-5H,1-2H3,(H,16,21)/b17-11+. The Kier molecular flexibility index (Phi) is 4.37. The topological polar surface area (TPSA) is 93.5 Å². The summed E-state index contributed by atoms with van der Waals surface area (Å²) in [4.78, 5) is 18.8. The Hall–Kier alpha value is -2.21. The first-order valence-corrected chi connectivity index (χ1v) is 6.54. The number of benzene rings is 1. The van der Waals surface area contributed by atoms with Crippen LogP contribution in [0.25, 0.3) is 5.53 Å². The van der Waals surface area contributed by atoms with Crippen LogP contribution in [-0.4, -0.2) is 40.1 Å². The minimum Gasteiger partial charge on any atom is -0.361 e. The summed E-state index contributed by atoms with van der Waals surface area (Å²) in [5.74, 6) is 0.146. The molecular weight excluding hydrogens is 315 g/mol. The Labute approximate surface area is 130 Å².